The van der Waals surface area contributed by atoms with Gasteiger partial charge in [0.15, 0.2) is 5.65 Å². The number of anilines is 2. The van der Waals surface area contributed by atoms with Crippen LogP contribution in [0.25, 0.3) is 17.1 Å². The SMILES string of the molecule is CCOC(=O)c1cnc2nc(/C=C/C(=O)O)c(OCC)cc2c1Nc1ccc(OC)cc1. The highest BCUT2D eigenvalue weighted by Crippen LogP contribution is 2.33. The second-order valence-electron chi connectivity index (χ2n) is 6.47. The van der Waals surface area contributed by atoms with E-state index in [9.17, 15) is 9.59 Å². The highest BCUT2D eigenvalue weighted by Gasteiger charge is 2.19. The Labute approximate surface area is 184 Å². The van der Waals surface area contributed by atoms with Crippen molar-refractivity contribution in [1.82, 2.24) is 9.97 Å². The number of nitrogens with zero attached hydrogens (tertiary/aromatic N) is 2. The maximum Gasteiger partial charge on any atom is 0.341 e. The fraction of sp³-hybridized carbons (Fsp3) is 0.217. The second-order valence-corrected chi connectivity index (χ2v) is 6.47. The zero-order chi connectivity index (χ0) is 23.1. The Morgan fingerprint density at radius 3 is 2.53 bits per heavy atom. The van der Waals surface area contributed by atoms with Crippen molar-refractivity contribution in [2.45, 2.75) is 13.8 Å². The van der Waals surface area contributed by atoms with Crippen LogP contribution in [0.2, 0.25) is 0 Å². The van der Waals surface area contributed by atoms with Gasteiger partial charge in [-0.3, -0.25) is 0 Å². The number of rotatable bonds is 9. The molecule has 0 fully saturated rings. The van der Waals surface area contributed by atoms with Crippen molar-refractivity contribution in [3.8, 4) is 11.5 Å². The van der Waals surface area contributed by atoms with Gasteiger partial charge in [-0.15, -0.1) is 0 Å². The Hall–Kier alpha value is -4.14. The molecule has 2 N–H and O–H groups in total. The molecular weight excluding hydrogens is 414 g/mol. The highest BCUT2D eigenvalue weighted by molar-refractivity contribution is 6.06. The topological polar surface area (TPSA) is 120 Å². The third-order valence-electron chi connectivity index (χ3n) is 4.39. The molecule has 9 nitrogen and oxygen atoms in total. The zero-order valence-electron chi connectivity index (χ0n) is 17.9. The van der Waals surface area contributed by atoms with Gasteiger partial charge in [0, 0.05) is 23.3 Å². The summed E-state index contributed by atoms with van der Waals surface area (Å²) in [6, 6.07) is 8.86. The number of ether oxygens (including phenoxy) is 3. The van der Waals surface area contributed by atoms with E-state index in [-0.39, 0.29) is 12.2 Å². The maximum absolute atomic E-state index is 12.6. The van der Waals surface area contributed by atoms with Gasteiger partial charge in [0.1, 0.15) is 22.8 Å². The molecule has 0 aliphatic rings. The van der Waals surface area contributed by atoms with Crippen molar-refractivity contribution in [3.05, 3.63) is 53.9 Å². The van der Waals surface area contributed by atoms with Gasteiger partial charge < -0.3 is 24.6 Å². The van der Waals surface area contributed by atoms with Crippen LogP contribution in [0.4, 0.5) is 11.4 Å². The number of fused-ring (bicyclic) bond motifs is 1. The molecule has 9 heteroatoms. The number of benzene rings is 1. The molecule has 32 heavy (non-hydrogen) atoms. The summed E-state index contributed by atoms with van der Waals surface area (Å²) in [5.41, 5.74) is 2.00. The standard InChI is InChI=1S/C23H23N3O6/c1-4-31-19-12-16-21(25-14-6-8-15(30-3)9-7-14)17(23(29)32-5-2)13-24-22(16)26-18(19)10-11-20(27)28/h6-13H,4-5H2,1-3H3,(H,27,28)(H,24,25,26)/b11-10+. The number of aromatic nitrogens is 2. The van der Waals surface area contributed by atoms with E-state index in [2.05, 4.69) is 15.3 Å². The third-order valence-corrected chi connectivity index (χ3v) is 4.39. The first-order valence-corrected chi connectivity index (χ1v) is 9.92. The number of hydrogen-bond acceptors (Lipinski definition) is 8. The largest absolute Gasteiger partial charge is 0.497 e. The van der Waals surface area contributed by atoms with Crippen LogP contribution in [-0.2, 0) is 9.53 Å². The molecule has 2 heterocycles. The number of carboxylic acids is 1. The lowest BCUT2D eigenvalue weighted by atomic mass is 10.1. The first-order chi connectivity index (χ1) is 15.5. The van der Waals surface area contributed by atoms with Gasteiger partial charge in [-0.1, -0.05) is 0 Å². The van der Waals surface area contributed by atoms with Gasteiger partial charge in [-0.2, -0.15) is 0 Å². The van der Waals surface area contributed by atoms with Crippen molar-refractivity contribution in [1.29, 1.82) is 0 Å². The quantitative estimate of drug-likeness (QED) is 0.377. The van der Waals surface area contributed by atoms with Crippen LogP contribution >= 0.6 is 0 Å². The van der Waals surface area contributed by atoms with E-state index in [4.69, 9.17) is 19.3 Å². The Morgan fingerprint density at radius 2 is 1.91 bits per heavy atom. The molecule has 2 aromatic heterocycles. The molecule has 0 unspecified atom stereocenters. The fourth-order valence-electron chi connectivity index (χ4n) is 2.97. The van der Waals surface area contributed by atoms with Gasteiger partial charge in [0.25, 0.3) is 0 Å². The third kappa shape index (κ3) is 5.12. The predicted octanol–water partition coefficient (Wildman–Crippen LogP) is 4.06. The molecule has 0 atom stereocenters. The normalized spacial score (nSPS) is 10.8. The minimum absolute atomic E-state index is 0.209. The molecule has 0 spiro atoms. The molecule has 1 aromatic carbocycles. The average molecular weight is 437 g/mol. The summed E-state index contributed by atoms with van der Waals surface area (Å²) in [5.74, 6) is -0.596. The van der Waals surface area contributed by atoms with Crippen LogP contribution < -0.4 is 14.8 Å². The minimum atomic E-state index is -1.11. The summed E-state index contributed by atoms with van der Waals surface area (Å²) in [5, 5.41) is 12.7. The maximum atomic E-state index is 12.6. The summed E-state index contributed by atoms with van der Waals surface area (Å²) >= 11 is 0. The van der Waals surface area contributed by atoms with Gasteiger partial charge in [-0.05, 0) is 50.3 Å². The number of esters is 1. The van der Waals surface area contributed by atoms with E-state index in [0.717, 1.165) is 6.08 Å². The lowest BCUT2D eigenvalue weighted by Gasteiger charge is -2.16. The number of carbonyl (C=O) groups excluding carboxylic acids is 1. The van der Waals surface area contributed by atoms with E-state index >= 15 is 0 Å². The molecule has 0 saturated heterocycles. The lowest BCUT2D eigenvalue weighted by molar-refractivity contribution is -0.131. The Kier molecular flexibility index (Phi) is 7.22. The second kappa shape index (κ2) is 10.3. The monoisotopic (exact) mass is 437 g/mol. The van der Waals surface area contributed by atoms with Crippen molar-refractivity contribution in [3.63, 3.8) is 0 Å². The summed E-state index contributed by atoms with van der Waals surface area (Å²) in [7, 11) is 1.58. The van der Waals surface area contributed by atoms with Gasteiger partial charge in [0.05, 0.1) is 26.0 Å². The first-order valence-electron chi connectivity index (χ1n) is 9.92. The van der Waals surface area contributed by atoms with E-state index in [1.807, 2.05) is 0 Å². The molecule has 166 valence electrons. The van der Waals surface area contributed by atoms with Crippen LogP contribution in [0.3, 0.4) is 0 Å². The smallest absolute Gasteiger partial charge is 0.341 e. The van der Waals surface area contributed by atoms with Gasteiger partial charge >= 0.3 is 11.9 Å². The number of aliphatic carboxylic acids is 1. The molecule has 0 amide bonds. The zero-order valence-corrected chi connectivity index (χ0v) is 17.9. The van der Waals surface area contributed by atoms with Crippen LogP contribution in [0, 0.1) is 0 Å². The Balaban J connectivity index is 2.19. The fourth-order valence-corrected chi connectivity index (χ4v) is 2.97. The van der Waals surface area contributed by atoms with E-state index < -0.39 is 11.9 Å². The van der Waals surface area contributed by atoms with Crippen molar-refractivity contribution >= 4 is 40.4 Å². The average Bonchev–Trinajstić information content (AvgIpc) is 2.78. The lowest BCUT2D eigenvalue weighted by Crippen LogP contribution is -2.10. The number of pyridine rings is 2. The number of methoxy groups -OCH3 is 1. The van der Waals surface area contributed by atoms with Gasteiger partial charge in [0.2, 0.25) is 0 Å². The van der Waals surface area contributed by atoms with Crippen LogP contribution in [-0.4, -0.2) is 47.3 Å². The molecule has 0 aliphatic carbocycles. The summed E-state index contributed by atoms with van der Waals surface area (Å²) in [6.45, 7) is 4.07. The summed E-state index contributed by atoms with van der Waals surface area (Å²) in [6.07, 6.45) is 3.69. The molecule has 0 aliphatic heterocycles. The highest BCUT2D eigenvalue weighted by atomic mass is 16.5. The van der Waals surface area contributed by atoms with E-state index in [1.54, 1.807) is 51.3 Å². The number of carboxylic acid groups (broad SMARTS) is 1. The summed E-state index contributed by atoms with van der Waals surface area (Å²) < 4.78 is 16.0. The Bertz CT molecular complexity index is 1160. The van der Waals surface area contributed by atoms with Crippen molar-refractivity contribution in [2.24, 2.45) is 0 Å². The van der Waals surface area contributed by atoms with Crippen molar-refractivity contribution in [2.75, 3.05) is 25.6 Å². The van der Waals surface area contributed by atoms with Crippen LogP contribution in [0.1, 0.15) is 29.9 Å². The molecular formula is C23H23N3O6. The molecule has 3 rings (SSSR count). The minimum Gasteiger partial charge on any atom is -0.497 e. The molecule has 3 aromatic rings. The van der Waals surface area contributed by atoms with E-state index in [0.29, 0.717) is 46.2 Å². The first kappa shape index (κ1) is 22.5. The molecule has 0 bridgehead atoms. The van der Waals surface area contributed by atoms with Gasteiger partial charge in [-0.25, -0.2) is 19.6 Å². The number of nitrogens with one attached hydrogen (secondary N) is 1. The number of hydrogen-bond donors (Lipinski definition) is 2. The predicted molar refractivity (Wildman–Crippen MR) is 120 cm³/mol. The molecule has 0 radical (unpaired) electrons. The Morgan fingerprint density at radius 1 is 1.16 bits per heavy atom. The molecule has 0 saturated carbocycles. The summed E-state index contributed by atoms with van der Waals surface area (Å²) in [4.78, 5) is 32.3. The number of carbonyl (C=O) groups is 2. The van der Waals surface area contributed by atoms with E-state index in [1.165, 1.54) is 12.3 Å². The van der Waals surface area contributed by atoms with Crippen LogP contribution in [0.15, 0.2) is 42.6 Å². The van der Waals surface area contributed by atoms with Crippen LogP contribution in [0.5, 0.6) is 11.5 Å². The van der Waals surface area contributed by atoms with Crippen molar-refractivity contribution < 1.29 is 28.9 Å².